The van der Waals surface area contributed by atoms with Gasteiger partial charge in [-0.3, -0.25) is 0 Å². The third-order valence-corrected chi connectivity index (χ3v) is 7.28. The molecule has 0 atom stereocenters. The molecular formula is C15H21ClN2O2S. The van der Waals surface area contributed by atoms with E-state index in [1.807, 2.05) is 0 Å². The molecule has 21 heavy (non-hydrogen) atoms. The van der Waals surface area contributed by atoms with Gasteiger partial charge >= 0.3 is 0 Å². The standard InChI is InChI=1S/C15H21ClN2O2S/c16-13-11-12(3-4-14(13)17)21(19,20)18-9-7-15(8-10-18)5-1-2-6-15/h3-4,11H,1-2,5-10,17H2. The Hall–Kier alpha value is -0.780. The number of rotatable bonds is 2. The Morgan fingerprint density at radius 3 is 2.29 bits per heavy atom. The second-order valence-electron chi connectivity index (χ2n) is 6.29. The van der Waals surface area contributed by atoms with Crippen molar-refractivity contribution >= 4 is 27.3 Å². The summed E-state index contributed by atoms with van der Waals surface area (Å²) in [6.07, 6.45) is 7.06. The molecule has 1 saturated carbocycles. The van der Waals surface area contributed by atoms with Crippen molar-refractivity contribution in [1.29, 1.82) is 0 Å². The van der Waals surface area contributed by atoms with Crippen LogP contribution in [-0.4, -0.2) is 25.8 Å². The van der Waals surface area contributed by atoms with E-state index < -0.39 is 10.0 Å². The monoisotopic (exact) mass is 328 g/mol. The zero-order chi connectivity index (χ0) is 15.1. The van der Waals surface area contributed by atoms with Gasteiger partial charge in [0.05, 0.1) is 15.6 Å². The van der Waals surface area contributed by atoms with Gasteiger partial charge in [0.25, 0.3) is 0 Å². The summed E-state index contributed by atoms with van der Waals surface area (Å²) in [5.41, 5.74) is 6.46. The molecule has 0 bridgehead atoms. The molecule has 0 unspecified atom stereocenters. The Bertz CT molecular complexity index is 629. The molecule has 0 aromatic heterocycles. The summed E-state index contributed by atoms with van der Waals surface area (Å²) < 4.78 is 27.0. The first kappa shape index (κ1) is 15.1. The lowest BCUT2D eigenvalue weighted by Gasteiger charge is -2.38. The number of benzene rings is 1. The van der Waals surface area contributed by atoms with Gasteiger partial charge in [0.15, 0.2) is 0 Å². The fourth-order valence-electron chi connectivity index (χ4n) is 3.64. The second-order valence-corrected chi connectivity index (χ2v) is 8.64. The van der Waals surface area contributed by atoms with Crippen LogP contribution in [-0.2, 0) is 10.0 Å². The molecule has 3 rings (SSSR count). The van der Waals surface area contributed by atoms with Crippen LogP contribution in [0.15, 0.2) is 23.1 Å². The molecule has 1 saturated heterocycles. The number of nitrogens with zero attached hydrogens (tertiary/aromatic N) is 1. The van der Waals surface area contributed by atoms with E-state index in [9.17, 15) is 8.42 Å². The van der Waals surface area contributed by atoms with E-state index in [1.54, 1.807) is 10.4 Å². The summed E-state index contributed by atoms with van der Waals surface area (Å²) in [7, 11) is -3.45. The van der Waals surface area contributed by atoms with E-state index >= 15 is 0 Å². The van der Waals surface area contributed by atoms with Crippen molar-refractivity contribution in [2.24, 2.45) is 5.41 Å². The fraction of sp³-hybridized carbons (Fsp3) is 0.600. The van der Waals surface area contributed by atoms with Crippen LogP contribution < -0.4 is 5.73 Å². The number of nitrogen functional groups attached to an aromatic ring is 1. The number of anilines is 1. The number of halogens is 1. The van der Waals surface area contributed by atoms with Gasteiger partial charge in [-0.15, -0.1) is 0 Å². The normalized spacial score (nSPS) is 22.7. The summed E-state index contributed by atoms with van der Waals surface area (Å²) in [5, 5.41) is 0.292. The Morgan fingerprint density at radius 2 is 1.71 bits per heavy atom. The van der Waals surface area contributed by atoms with Crippen LogP contribution in [0.5, 0.6) is 0 Å². The highest BCUT2D eigenvalue weighted by Gasteiger charge is 2.40. The van der Waals surface area contributed by atoms with Gasteiger partial charge in [0, 0.05) is 13.1 Å². The summed E-state index contributed by atoms with van der Waals surface area (Å²) in [6.45, 7) is 1.23. The maximum Gasteiger partial charge on any atom is 0.243 e. The minimum Gasteiger partial charge on any atom is -0.398 e. The number of sulfonamides is 1. The fourth-order valence-corrected chi connectivity index (χ4v) is 5.36. The topological polar surface area (TPSA) is 63.4 Å². The van der Waals surface area contributed by atoms with Crippen LogP contribution in [0, 0.1) is 5.41 Å². The van der Waals surface area contributed by atoms with Crippen molar-refractivity contribution in [3.8, 4) is 0 Å². The van der Waals surface area contributed by atoms with E-state index in [2.05, 4.69) is 0 Å². The molecule has 0 amide bonds. The van der Waals surface area contributed by atoms with Gasteiger partial charge in [0.2, 0.25) is 10.0 Å². The molecule has 1 aromatic rings. The molecule has 116 valence electrons. The molecular weight excluding hydrogens is 308 g/mol. The van der Waals surface area contributed by atoms with Gasteiger partial charge < -0.3 is 5.73 Å². The third kappa shape index (κ3) is 2.79. The molecule has 6 heteroatoms. The quantitative estimate of drug-likeness (QED) is 0.847. The van der Waals surface area contributed by atoms with Gasteiger partial charge in [-0.2, -0.15) is 4.31 Å². The minimum atomic E-state index is -3.45. The van der Waals surface area contributed by atoms with E-state index in [1.165, 1.54) is 37.8 Å². The third-order valence-electron chi connectivity index (χ3n) is 5.06. The molecule has 1 spiro atoms. The van der Waals surface area contributed by atoms with Crippen molar-refractivity contribution in [2.45, 2.75) is 43.4 Å². The van der Waals surface area contributed by atoms with Gasteiger partial charge in [-0.25, -0.2) is 8.42 Å². The van der Waals surface area contributed by atoms with E-state index in [-0.39, 0.29) is 4.90 Å². The van der Waals surface area contributed by atoms with Crippen LogP contribution >= 0.6 is 11.6 Å². The van der Waals surface area contributed by atoms with Gasteiger partial charge in [0.1, 0.15) is 0 Å². The summed E-state index contributed by atoms with van der Waals surface area (Å²) in [5.74, 6) is 0. The van der Waals surface area contributed by atoms with Crippen LogP contribution in [0.2, 0.25) is 5.02 Å². The Kier molecular flexibility index (Phi) is 3.93. The largest absolute Gasteiger partial charge is 0.398 e. The maximum absolute atomic E-state index is 12.7. The molecule has 2 aliphatic rings. The summed E-state index contributed by atoms with van der Waals surface area (Å²) in [6, 6.07) is 4.54. The molecule has 4 nitrogen and oxygen atoms in total. The van der Waals surface area contributed by atoms with E-state index in [0.29, 0.717) is 29.2 Å². The Labute approximate surface area is 131 Å². The number of piperidine rings is 1. The lowest BCUT2D eigenvalue weighted by Crippen LogP contribution is -2.42. The first-order chi connectivity index (χ1) is 9.93. The van der Waals surface area contributed by atoms with Crippen molar-refractivity contribution in [3.63, 3.8) is 0 Å². The van der Waals surface area contributed by atoms with Gasteiger partial charge in [-0.05, 0) is 49.3 Å². The van der Waals surface area contributed by atoms with Crippen LogP contribution in [0.4, 0.5) is 5.69 Å². The average Bonchev–Trinajstić information content (AvgIpc) is 2.90. The highest BCUT2D eigenvalue weighted by Crippen LogP contribution is 2.46. The van der Waals surface area contributed by atoms with Crippen molar-refractivity contribution in [2.75, 3.05) is 18.8 Å². The highest BCUT2D eigenvalue weighted by molar-refractivity contribution is 7.89. The van der Waals surface area contributed by atoms with Crippen LogP contribution in [0.25, 0.3) is 0 Å². The zero-order valence-corrected chi connectivity index (χ0v) is 13.6. The molecule has 1 aliphatic heterocycles. The van der Waals surface area contributed by atoms with Crippen LogP contribution in [0.1, 0.15) is 38.5 Å². The Balaban J connectivity index is 1.78. The first-order valence-corrected chi connectivity index (χ1v) is 9.30. The minimum absolute atomic E-state index is 0.240. The summed E-state index contributed by atoms with van der Waals surface area (Å²) >= 11 is 5.95. The molecule has 2 fully saturated rings. The van der Waals surface area contributed by atoms with Crippen LogP contribution in [0.3, 0.4) is 0 Å². The first-order valence-electron chi connectivity index (χ1n) is 7.48. The SMILES string of the molecule is Nc1ccc(S(=O)(=O)N2CCC3(CCCC3)CC2)cc1Cl. The number of hydrogen-bond acceptors (Lipinski definition) is 3. The lowest BCUT2D eigenvalue weighted by atomic mass is 9.78. The predicted molar refractivity (Wildman–Crippen MR) is 84.8 cm³/mol. The molecule has 1 aliphatic carbocycles. The van der Waals surface area contributed by atoms with Crippen molar-refractivity contribution < 1.29 is 8.42 Å². The Morgan fingerprint density at radius 1 is 1.10 bits per heavy atom. The zero-order valence-electron chi connectivity index (χ0n) is 12.0. The van der Waals surface area contributed by atoms with Crippen molar-refractivity contribution in [1.82, 2.24) is 4.31 Å². The van der Waals surface area contributed by atoms with E-state index in [4.69, 9.17) is 17.3 Å². The number of hydrogen-bond donors (Lipinski definition) is 1. The summed E-state index contributed by atoms with van der Waals surface area (Å²) in [4.78, 5) is 0.240. The smallest absolute Gasteiger partial charge is 0.243 e. The predicted octanol–water partition coefficient (Wildman–Crippen LogP) is 3.27. The second kappa shape index (κ2) is 5.45. The van der Waals surface area contributed by atoms with E-state index in [0.717, 1.165) is 12.8 Å². The molecule has 1 aromatic carbocycles. The van der Waals surface area contributed by atoms with Gasteiger partial charge in [-0.1, -0.05) is 24.4 Å². The van der Waals surface area contributed by atoms with Crippen molar-refractivity contribution in [3.05, 3.63) is 23.2 Å². The molecule has 1 heterocycles. The lowest BCUT2D eigenvalue weighted by molar-refractivity contribution is 0.160. The molecule has 2 N–H and O–H groups in total. The molecule has 0 radical (unpaired) electrons. The highest BCUT2D eigenvalue weighted by atomic mass is 35.5. The number of nitrogens with two attached hydrogens (primary N) is 1. The average molecular weight is 329 g/mol. The maximum atomic E-state index is 12.7.